The van der Waals surface area contributed by atoms with Crippen LogP contribution in [0.5, 0.6) is 0 Å². The van der Waals surface area contributed by atoms with E-state index in [1.54, 1.807) is 31.2 Å². The van der Waals surface area contributed by atoms with Gasteiger partial charge in [-0.15, -0.1) is 0 Å². The van der Waals surface area contributed by atoms with E-state index in [-0.39, 0.29) is 38.7 Å². The second kappa shape index (κ2) is 12.3. The molecule has 0 aromatic heterocycles. The van der Waals surface area contributed by atoms with Crippen molar-refractivity contribution < 1.29 is 23.1 Å². The first kappa shape index (κ1) is 25.5. The monoisotopic (exact) mass is 461 g/mol. The SMILES string of the molecule is CC(C(=O)NCCCO)N(Cc1ccccc1)C(=O)CN(Cc1ccccc1)S(C)(=O)=O. The molecule has 0 fully saturated rings. The lowest BCUT2D eigenvalue weighted by molar-refractivity contribution is -0.140. The van der Waals surface area contributed by atoms with Gasteiger partial charge < -0.3 is 15.3 Å². The van der Waals surface area contributed by atoms with E-state index in [1.165, 1.54) is 4.90 Å². The molecule has 0 radical (unpaired) electrons. The van der Waals surface area contributed by atoms with E-state index in [0.29, 0.717) is 6.42 Å². The third-order valence-electron chi connectivity index (χ3n) is 4.98. The number of aliphatic hydroxyl groups excluding tert-OH is 1. The molecule has 0 aliphatic rings. The minimum absolute atomic E-state index is 0.0515. The second-order valence-electron chi connectivity index (χ2n) is 7.57. The molecule has 9 heteroatoms. The second-order valence-corrected chi connectivity index (χ2v) is 9.55. The van der Waals surface area contributed by atoms with E-state index in [4.69, 9.17) is 5.11 Å². The molecule has 0 bridgehead atoms. The molecule has 174 valence electrons. The zero-order valence-corrected chi connectivity index (χ0v) is 19.3. The lowest BCUT2D eigenvalue weighted by Crippen LogP contribution is -2.51. The van der Waals surface area contributed by atoms with Gasteiger partial charge in [-0.05, 0) is 24.5 Å². The summed E-state index contributed by atoms with van der Waals surface area (Å²) in [6, 6.07) is 17.4. The third kappa shape index (κ3) is 8.07. The molecule has 0 saturated heterocycles. The lowest BCUT2D eigenvalue weighted by Gasteiger charge is -2.31. The first-order valence-electron chi connectivity index (χ1n) is 10.4. The predicted octanol–water partition coefficient (Wildman–Crippen LogP) is 1.36. The standard InChI is InChI=1S/C23H31N3O5S/c1-19(23(29)24-14-9-15-27)26(17-21-12-7-4-8-13-21)22(28)18-25(32(2,30)31)16-20-10-5-3-6-11-20/h3-8,10-13,19,27H,9,14-18H2,1-2H3,(H,24,29). The molecule has 2 N–H and O–H groups in total. The van der Waals surface area contributed by atoms with Crippen molar-refractivity contribution in [1.29, 1.82) is 0 Å². The molecule has 0 aliphatic carbocycles. The lowest BCUT2D eigenvalue weighted by atomic mass is 10.1. The number of benzene rings is 2. The summed E-state index contributed by atoms with van der Waals surface area (Å²) >= 11 is 0. The van der Waals surface area contributed by atoms with Crippen molar-refractivity contribution >= 4 is 21.8 Å². The first-order chi connectivity index (χ1) is 15.2. The summed E-state index contributed by atoms with van der Waals surface area (Å²) in [7, 11) is -3.67. The molecule has 2 amide bonds. The fourth-order valence-corrected chi connectivity index (χ4v) is 3.85. The number of nitrogens with one attached hydrogen (secondary N) is 1. The Bertz CT molecular complexity index is 968. The van der Waals surface area contributed by atoms with Gasteiger partial charge in [0.05, 0.1) is 12.8 Å². The van der Waals surface area contributed by atoms with E-state index >= 15 is 0 Å². The van der Waals surface area contributed by atoms with Crippen LogP contribution in [0.2, 0.25) is 0 Å². The molecule has 32 heavy (non-hydrogen) atoms. The van der Waals surface area contributed by atoms with Crippen LogP contribution in [0.25, 0.3) is 0 Å². The molecule has 0 saturated carbocycles. The largest absolute Gasteiger partial charge is 0.396 e. The maximum absolute atomic E-state index is 13.3. The number of carbonyl (C=O) groups is 2. The zero-order chi connectivity index (χ0) is 23.6. The summed E-state index contributed by atoms with van der Waals surface area (Å²) in [5.41, 5.74) is 1.58. The van der Waals surface area contributed by atoms with Crippen LogP contribution in [0.15, 0.2) is 60.7 Å². The van der Waals surface area contributed by atoms with E-state index < -0.39 is 22.0 Å². The summed E-state index contributed by atoms with van der Waals surface area (Å²) in [5.74, 6) is -0.836. The number of hydrogen-bond acceptors (Lipinski definition) is 5. The van der Waals surface area contributed by atoms with E-state index in [9.17, 15) is 18.0 Å². The minimum atomic E-state index is -3.67. The van der Waals surface area contributed by atoms with Gasteiger partial charge >= 0.3 is 0 Å². The highest BCUT2D eigenvalue weighted by atomic mass is 32.2. The van der Waals surface area contributed by atoms with Crippen LogP contribution in [0.1, 0.15) is 24.5 Å². The van der Waals surface area contributed by atoms with Crippen molar-refractivity contribution in [3.63, 3.8) is 0 Å². The summed E-state index contributed by atoms with van der Waals surface area (Å²) in [6.45, 7) is 1.69. The minimum Gasteiger partial charge on any atom is -0.396 e. The van der Waals surface area contributed by atoms with Crippen molar-refractivity contribution in [2.24, 2.45) is 0 Å². The van der Waals surface area contributed by atoms with Crippen molar-refractivity contribution in [3.05, 3.63) is 71.8 Å². The fourth-order valence-electron chi connectivity index (χ4n) is 3.12. The van der Waals surface area contributed by atoms with Crippen LogP contribution in [-0.2, 0) is 32.7 Å². The Labute approximate surface area is 189 Å². The number of carbonyl (C=O) groups excluding carboxylic acids is 2. The molecule has 2 aromatic rings. The summed E-state index contributed by atoms with van der Waals surface area (Å²) in [4.78, 5) is 27.3. The Morgan fingerprint density at radius 3 is 2.00 bits per heavy atom. The molecule has 2 rings (SSSR count). The van der Waals surface area contributed by atoms with Crippen LogP contribution in [0, 0.1) is 0 Å². The summed E-state index contributed by atoms with van der Waals surface area (Å²) in [6.07, 6.45) is 1.47. The fraction of sp³-hybridized carbons (Fsp3) is 0.391. The molecule has 1 unspecified atom stereocenters. The van der Waals surface area contributed by atoms with Gasteiger partial charge in [0.1, 0.15) is 6.04 Å². The van der Waals surface area contributed by atoms with Gasteiger partial charge in [0.2, 0.25) is 21.8 Å². The van der Waals surface area contributed by atoms with Crippen LogP contribution in [0.4, 0.5) is 0 Å². The van der Waals surface area contributed by atoms with Gasteiger partial charge in [-0.2, -0.15) is 4.31 Å². The van der Waals surface area contributed by atoms with E-state index in [0.717, 1.165) is 21.7 Å². The predicted molar refractivity (Wildman–Crippen MR) is 123 cm³/mol. The molecule has 0 heterocycles. The Hall–Kier alpha value is -2.75. The number of rotatable bonds is 12. The van der Waals surface area contributed by atoms with Gasteiger partial charge in [-0.3, -0.25) is 9.59 Å². The third-order valence-corrected chi connectivity index (χ3v) is 6.18. The number of aliphatic hydroxyl groups is 1. The summed E-state index contributed by atoms with van der Waals surface area (Å²) in [5, 5.41) is 11.6. The molecule has 1 atom stereocenters. The number of nitrogens with zero attached hydrogens (tertiary/aromatic N) is 2. The molecule has 0 aliphatic heterocycles. The van der Waals surface area contributed by atoms with Crippen LogP contribution in [0.3, 0.4) is 0 Å². The molecular formula is C23H31N3O5S. The van der Waals surface area contributed by atoms with Crippen molar-refractivity contribution in [3.8, 4) is 0 Å². The number of sulfonamides is 1. The van der Waals surface area contributed by atoms with Gasteiger partial charge in [-0.25, -0.2) is 8.42 Å². The highest BCUT2D eigenvalue weighted by Crippen LogP contribution is 2.13. The van der Waals surface area contributed by atoms with Crippen molar-refractivity contribution in [2.75, 3.05) is 26.0 Å². The average molecular weight is 462 g/mol. The summed E-state index contributed by atoms with van der Waals surface area (Å²) < 4.78 is 25.9. The highest BCUT2D eigenvalue weighted by Gasteiger charge is 2.29. The maximum Gasteiger partial charge on any atom is 0.242 e. The normalized spacial score (nSPS) is 12.4. The zero-order valence-electron chi connectivity index (χ0n) is 18.5. The van der Waals surface area contributed by atoms with Crippen LogP contribution >= 0.6 is 0 Å². The van der Waals surface area contributed by atoms with Crippen molar-refractivity contribution in [1.82, 2.24) is 14.5 Å². The smallest absolute Gasteiger partial charge is 0.242 e. The molecular weight excluding hydrogens is 430 g/mol. The highest BCUT2D eigenvalue weighted by molar-refractivity contribution is 7.88. The Morgan fingerprint density at radius 1 is 0.969 bits per heavy atom. The van der Waals surface area contributed by atoms with Gasteiger partial charge in [-0.1, -0.05) is 60.7 Å². The quantitative estimate of drug-likeness (QED) is 0.464. The first-order valence-corrected chi connectivity index (χ1v) is 12.3. The Morgan fingerprint density at radius 2 is 1.50 bits per heavy atom. The van der Waals surface area contributed by atoms with E-state index in [2.05, 4.69) is 5.32 Å². The number of hydrogen-bond donors (Lipinski definition) is 2. The van der Waals surface area contributed by atoms with Gasteiger partial charge in [0.15, 0.2) is 0 Å². The molecule has 8 nitrogen and oxygen atoms in total. The number of amides is 2. The van der Waals surface area contributed by atoms with Crippen LogP contribution in [-0.4, -0.2) is 66.5 Å². The van der Waals surface area contributed by atoms with E-state index in [1.807, 2.05) is 36.4 Å². The maximum atomic E-state index is 13.3. The van der Waals surface area contributed by atoms with Crippen molar-refractivity contribution in [2.45, 2.75) is 32.5 Å². The average Bonchev–Trinajstić information content (AvgIpc) is 2.77. The van der Waals surface area contributed by atoms with Gasteiger partial charge in [0, 0.05) is 26.2 Å². The molecule has 2 aromatic carbocycles. The van der Waals surface area contributed by atoms with Crippen LogP contribution < -0.4 is 5.32 Å². The molecule has 0 spiro atoms. The Kier molecular flexibility index (Phi) is 9.83. The van der Waals surface area contributed by atoms with Gasteiger partial charge in [0.25, 0.3) is 0 Å². The Balaban J connectivity index is 2.23. The topological polar surface area (TPSA) is 107 Å².